The van der Waals surface area contributed by atoms with E-state index in [4.69, 9.17) is 25.8 Å². The predicted octanol–water partition coefficient (Wildman–Crippen LogP) is 4.63. The molecular weight excluding hydrogens is 458 g/mol. The van der Waals surface area contributed by atoms with Crippen molar-refractivity contribution in [1.82, 2.24) is 9.78 Å². The van der Waals surface area contributed by atoms with Crippen molar-refractivity contribution in [3.8, 4) is 22.9 Å². The summed E-state index contributed by atoms with van der Waals surface area (Å²) in [7, 11) is 4.51. The quantitative estimate of drug-likeness (QED) is 0.433. The number of anilines is 1. The first-order valence-corrected chi connectivity index (χ1v) is 10.6. The fourth-order valence-corrected chi connectivity index (χ4v) is 3.71. The Bertz CT molecular complexity index is 1440. The minimum Gasteiger partial charge on any atom is -0.497 e. The Morgan fingerprint density at radius 1 is 0.941 bits per heavy atom. The largest absolute Gasteiger partial charge is 0.497 e. The zero-order valence-electron chi connectivity index (χ0n) is 19.0. The Hall–Kier alpha value is -4.04. The van der Waals surface area contributed by atoms with Gasteiger partial charge in [0.25, 0.3) is 11.5 Å². The van der Waals surface area contributed by atoms with Crippen LogP contribution in [0.3, 0.4) is 0 Å². The number of hydrogen-bond acceptors (Lipinski definition) is 6. The predicted molar refractivity (Wildman–Crippen MR) is 131 cm³/mol. The number of ether oxygens (including phenoxy) is 3. The molecule has 1 amide bonds. The van der Waals surface area contributed by atoms with Gasteiger partial charge in [0.05, 0.1) is 38.1 Å². The van der Waals surface area contributed by atoms with E-state index >= 15 is 0 Å². The molecule has 0 unspecified atom stereocenters. The lowest BCUT2D eigenvalue weighted by molar-refractivity contribution is 0.102. The lowest BCUT2D eigenvalue weighted by Gasteiger charge is -2.15. The van der Waals surface area contributed by atoms with E-state index in [2.05, 4.69) is 10.4 Å². The summed E-state index contributed by atoms with van der Waals surface area (Å²) in [6.45, 7) is 1.82. The number of methoxy groups -OCH3 is 3. The number of carbonyl (C=O) groups is 1. The third kappa shape index (κ3) is 4.27. The van der Waals surface area contributed by atoms with Gasteiger partial charge < -0.3 is 19.5 Å². The Kier molecular flexibility index (Phi) is 6.43. The lowest BCUT2D eigenvalue weighted by atomic mass is 10.1. The smallest absolute Gasteiger partial charge is 0.279 e. The number of amides is 1. The summed E-state index contributed by atoms with van der Waals surface area (Å²) in [6, 6.07) is 15.1. The highest BCUT2D eigenvalue weighted by Gasteiger charge is 2.20. The Labute approximate surface area is 200 Å². The standard InChI is InChI=1S/C25H22ClN3O5/c1-14-9-21(22(34-4)13-20(14)26)27-24(30)23-18-7-5-6-8-19(18)25(31)29(28-23)15-10-16(32-2)12-17(11-15)33-3/h5-13H,1-4H3,(H,27,30). The van der Waals surface area contributed by atoms with E-state index in [1.807, 2.05) is 6.92 Å². The van der Waals surface area contributed by atoms with Gasteiger partial charge in [-0.2, -0.15) is 9.78 Å². The summed E-state index contributed by atoms with van der Waals surface area (Å²) >= 11 is 6.19. The zero-order chi connectivity index (χ0) is 24.4. The highest BCUT2D eigenvalue weighted by Crippen LogP contribution is 2.31. The van der Waals surface area contributed by atoms with Gasteiger partial charge in [0, 0.05) is 34.7 Å². The van der Waals surface area contributed by atoms with Gasteiger partial charge in [0.2, 0.25) is 0 Å². The van der Waals surface area contributed by atoms with Gasteiger partial charge in [-0.1, -0.05) is 29.8 Å². The van der Waals surface area contributed by atoms with E-state index in [1.165, 1.54) is 21.3 Å². The number of hydrogen-bond donors (Lipinski definition) is 1. The molecule has 0 fully saturated rings. The molecule has 34 heavy (non-hydrogen) atoms. The first-order chi connectivity index (χ1) is 16.4. The van der Waals surface area contributed by atoms with Crippen LogP contribution in [0.25, 0.3) is 16.5 Å². The molecule has 0 aliphatic heterocycles. The molecule has 0 aliphatic rings. The minimum absolute atomic E-state index is 0.0617. The average Bonchev–Trinajstić information content (AvgIpc) is 2.85. The van der Waals surface area contributed by atoms with Crippen LogP contribution in [0.1, 0.15) is 16.1 Å². The van der Waals surface area contributed by atoms with E-state index < -0.39 is 5.91 Å². The lowest BCUT2D eigenvalue weighted by Crippen LogP contribution is -2.26. The van der Waals surface area contributed by atoms with Crippen molar-refractivity contribution in [2.45, 2.75) is 6.92 Å². The van der Waals surface area contributed by atoms with Crippen molar-refractivity contribution in [2.24, 2.45) is 0 Å². The zero-order valence-corrected chi connectivity index (χ0v) is 19.8. The van der Waals surface area contributed by atoms with Gasteiger partial charge in [0.15, 0.2) is 5.69 Å². The van der Waals surface area contributed by atoms with Crippen LogP contribution in [0.4, 0.5) is 5.69 Å². The minimum atomic E-state index is -0.514. The van der Waals surface area contributed by atoms with Crippen molar-refractivity contribution in [2.75, 3.05) is 26.6 Å². The van der Waals surface area contributed by atoms with E-state index in [9.17, 15) is 9.59 Å². The number of nitrogens with one attached hydrogen (secondary N) is 1. The fraction of sp³-hybridized carbons (Fsp3) is 0.160. The molecule has 0 saturated heterocycles. The van der Waals surface area contributed by atoms with Gasteiger partial charge in [-0.3, -0.25) is 9.59 Å². The van der Waals surface area contributed by atoms with Crippen molar-refractivity contribution >= 4 is 34.0 Å². The second-order valence-electron chi connectivity index (χ2n) is 7.44. The van der Waals surface area contributed by atoms with Crippen LogP contribution in [0.5, 0.6) is 17.2 Å². The van der Waals surface area contributed by atoms with Crippen LogP contribution in [0.2, 0.25) is 5.02 Å². The number of carbonyl (C=O) groups excluding carboxylic acids is 1. The van der Waals surface area contributed by atoms with Gasteiger partial charge in [-0.25, -0.2) is 0 Å². The SMILES string of the molecule is COc1cc(OC)cc(-n2nc(C(=O)Nc3cc(C)c(Cl)cc3OC)c3ccccc3c2=O)c1. The molecule has 1 heterocycles. The Morgan fingerprint density at radius 3 is 2.21 bits per heavy atom. The molecule has 0 aliphatic carbocycles. The number of nitrogens with zero attached hydrogens (tertiary/aromatic N) is 2. The molecule has 0 saturated carbocycles. The molecule has 0 atom stereocenters. The fourth-order valence-electron chi connectivity index (χ4n) is 3.56. The van der Waals surface area contributed by atoms with Crippen LogP contribution in [0, 0.1) is 6.92 Å². The Balaban J connectivity index is 1.89. The first-order valence-electron chi connectivity index (χ1n) is 10.3. The van der Waals surface area contributed by atoms with Crippen LogP contribution in [-0.4, -0.2) is 37.0 Å². The summed E-state index contributed by atoms with van der Waals surface area (Å²) in [5, 5.41) is 8.53. The van der Waals surface area contributed by atoms with Crippen molar-refractivity contribution in [1.29, 1.82) is 0 Å². The monoisotopic (exact) mass is 479 g/mol. The van der Waals surface area contributed by atoms with Crippen LogP contribution >= 0.6 is 11.6 Å². The van der Waals surface area contributed by atoms with Gasteiger partial charge in [0.1, 0.15) is 17.2 Å². The Morgan fingerprint density at radius 2 is 1.59 bits per heavy atom. The third-order valence-corrected chi connectivity index (χ3v) is 5.74. The van der Waals surface area contributed by atoms with Crippen LogP contribution in [0.15, 0.2) is 59.4 Å². The maximum absolute atomic E-state index is 13.4. The summed E-state index contributed by atoms with van der Waals surface area (Å²) in [6.07, 6.45) is 0. The summed E-state index contributed by atoms with van der Waals surface area (Å²) in [4.78, 5) is 26.7. The number of aryl methyl sites for hydroxylation is 1. The number of benzene rings is 3. The molecule has 3 aromatic carbocycles. The molecule has 0 spiro atoms. The molecule has 8 nitrogen and oxygen atoms in total. The topological polar surface area (TPSA) is 91.7 Å². The van der Waals surface area contributed by atoms with Crippen molar-refractivity contribution in [3.63, 3.8) is 0 Å². The second kappa shape index (κ2) is 9.44. The second-order valence-corrected chi connectivity index (χ2v) is 7.85. The molecule has 4 aromatic rings. The average molecular weight is 480 g/mol. The summed E-state index contributed by atoms with van der Waals surface area (Å²) in [5.74, 6) is 0.839. The highest BCUT2D eigenvalue weighted by molar-refractivity contribution is 6.31. The normalized spacial score (nSPS) is 10.7. The van der Waals surface area contributed by atoms with Gasteiger partial charge in [-0.15, -0.1) is 0 Å². The molecule has 9 heteroatoms. The van der Waals surface area contributed by atoms with Gasteiger partial charge in [-0.05, 0) is 24.6 Å². The van der Waals surface area contributed by atoms with Crippen LogP contribution < -0.4 is 25.1 Å². The summed E-state index contributed by atoms with van der Waals surface area (Å²) < 4.78 is 17.2. The van der Waals surface area contributed by atoms with E-state index in [0.29, 0.717) is 44.4 Å². The third-order valence-electron chi connectivity index (χ3n) is 5.33. The van der Waals surface area contributed by atoms with E-state index in [1.54, 1.807) is 54.6 Å². The molecule has 4 rings (SSSR count). The number of halogens is 1. The number of rotatable bonds is 6. The van der Waals surface area contributed by atoms with Crippen molar-refractivity contribution < 1.29 is 19.0 Å². The molecule has 0 bridgehead atoms. The van der Waals surface area contributed by atoms with Gasteiger partial charge >= 0.3 is 0 Å². The van der Waals surface area contributed by atoms with E-state index in [0.717, 1.165) is 10.2 Å². The summed E-state index contributed by atoms with van der Waals surface area (Å²) in [5.41, 5.74) is 1.26. The molecular formula is C25H22ClN3O5. The molecule has 1 aromatic heterocycles. The molecule has 1 N–H and O–H groups in total. The van der Waals surface area contributed by atoms with Crippen LogP contribution in [-0.2, 0) is 0 Å². The number of fused-ring (bicyclic) bond motifs is 1. The maximum atomic E-state index is 13.4. The molecule has 0 radical (unpaired) electrons. The van der Waals surface area contributed by atoms with Crippen molar-refractivity contribution in [3.05, 3.63) is 81.2 Å². The molecule has 174 valence electrons. The van der Waals surface area contributed by atoms with E-state index in [-0.39, 0.29) is 11.3 Å². The highest BCUT2D eigenvalue weighted by atomic mass is 35.5. The number of aromatic nitrogens is 2. The first kappa shape index (κ1) is 23.1. The maximum Gasteiger partial charge on any atom is 0.279 e.